The van der Waals surface area contributed by atoms with Crippen LogP contribution >= 0.6 is 12.4 Å². The van der Waals surface area contributed by atoms with Gasteiger partial charge in [-0.25, -0.2) is 13.1 Å². The Morgan fingerprint density at radius 3 is 2.02 bits per heavy atom. The summed E-state index contributed by atoms with van der Waals surface area (Å²) in [5.74, 6) is -0.510. The first-order chi connectivity index (χ1) is 19.9. The van der Waals surface area contributed by atoms with Crippen LogP contribution in [0.15, 0.2) is 120 Å². The van der Waals surface area contributed by atoms with E-state index < -0.39 is 33.9 Å². The zero-order valence-corrected chi connectivity index (χ0v) is 24.3. The average molecular weight is 606 g/mol. The minimum atomic E-state index is -4.10. The molecule has 0 saturated carbocycles. The highest BCUT2D eigenvalue weighted by molar-refractivity contribution is 7.90. The smallest absolute Gasteiger partial charge is 0.264 e. The van der Waals surface area contributed by atoms with Crippen molar-refractivity contribution in [2.75, 3.05) is 6.54 Å². The van der Waals surface area contributed by atoms with Crippen molar-refractivity contribution in [2.45, 2.75) is 35.9 Å². The third-order valence-corrected chi connectivity index (χ3v) is 8.24. The monoisotopic (exact) mass is 605 g/mol. The molecule has 8 nitrogen and oxygen atoms in total. The van der Waals surface area contributed by atoms with Crippen LogP contribution in [0.1, 0.15) is 12.0 Å². The molecule has 0 unspecified atom stereocenters. The summed E-state index contributed by atoms with van der Waals surface area (Å²) in [7, 11) is -4.10. The summed E-state index contributed by atoms with van der Waals surface area (Å²) in [5.41, 5.74) is 2.98. The summed E-state index contributed by atoms with van der Waals surface area (Å²) in [5, 5.41) is 5.92. The van der Waals surface area contributed by atoms with Gasteiger partial charge in [0.05, 0.1) is 10.9 Å². The number of ether oxygens (including phenoxy) is 1. The highest BCUT2D eigenvalue weighted by atomic mass is 35.5. The number of benzene rings is 4. The molecule has 1 saturated heterocycles. The van der Waals surface area contributed by atoms with Crippen LogP contribution in [0.2, 0.25) is 0 Å². The van der Waals surface area contributed by atoms with Gasteiger partial charge in [0.15, 0.2) is 0 Å². The predicted octanol–water partition coefficient (Wildman–Crippen LogP) is 4.12. The number of halogens is 1. The molecule has 0 spiro atoms. The molecule has 4 aromatic carbocycles. The number of rotatable bonds is 10. The van der Waals surface area contributed by atoms with Crippen LogP contribution < -0.4 is 20.1 Å². The molecule has 218 valence electrons. The maximum absolute atomic E-state index is 13.2. The van der Waals surface area contributed by atoms with Crippen LogP contribution in [0.5, 0.6) is 5.75 Å². The Hall–Kier alpha value is -4.18. The molecular formula is C32H32ClN3O5S. The predicted molar refractivity (Wildman–Crippen MR) is 164 cm³/mol. The summed E-state index contributed by atoms with van der Waals surface area (Å²) >= 11 is 0. The Morgan fingerprint density at radius 2 is 1.38 bits per heavy atom. The lowest BCUT2D eigenvalue weighted by Crippen LogP contribution is -2.53. The maximum atomic E-state index is 13.2. The van der Waals surface area contributed by atoms with Gasteiger partial charge in [-0.1, -0.05) is 91.0 Å². The van der Waals surface area contributed by atoms with Crippen molar-refractivity contribution in [1.29, 1.82) is 0 Å². The standard InChI is InChI=1S/C32H31N3O5S.ClH/c36-31(29-21-27(22-33-29)40-26-18-16-25(17-19-26)24-12-6-2-7-13-24)34-30(20-23-10-4-1-5-11-23)32(37)35-41(38,39)28-14-8-3-9-15-28;/h1-19,27,29-30,33H,20-22H2,(H,34,36)(H,35,37);1H/t27-,29-,30-;/m0./s1. The fourth-order valence-corrected chi connectivity index (χ4v) is 5.78. The minimum absolute atomic E-state index is 0. The second kappa shape index (κ2) is 14.1. The fraction of sp³-hybridized carbons (Fsp3) is 0.188. The molecule has 1 aliphatic heterocycles. The van der Waals surface area contributed by atoms with Crippen LogP contribution in [0.25, 0.3) is 11.1 Å². The molecule has 4 aromatic rings. The van der Waals surface area contributed by atoms with E-state index in [-0.39, 0.29) is 29.8 Å². The van der Waals surface area contributed by atoms with E-state index in [2.05, 4.69) is 15.4 Å². The summed E-state index contributed by atoms with van der Waals surface area (Å²) in [6, 6.07) is 32.9. The molecule has 1 heterocycles. The number of amides is 2. The van der Waals surface area contributed by atoms with Gasteiger partial charge in [0.25, 0.3) is 15.9 Å². The van der Waals surface area contributed by atoms with Crippen LogP contribution in [0.3, 0.4) is 0 Å². The van der Waals surface area contributed by atoms with Gasteiger partial charge in [-0.15, -0.1) is 12.4 Å². The maximum Gasteiger partial charge on any atom is 0.264 e. The van der Waals surface area contributed by atoms with Crippen LogP contribution in [0.4, 0.5) is 0 Å². The molecule has 5 rings (SSSR count). The highest BCUT2D eigenvalue weighted by Gasteiger charge is 2.34. The third kappa shape index (κ3) is 7.97. The molecule has 42 heavy (non-hydrogen) atoms. The molecule has 1 aliphatic rings. The van der Waals surface area contributed by atoms with Crippen molar-refractivity contribution in [1.82, 2.24) is 15.4 Å². The molecular weight excluding hydrogens is 574 g/mol. The Kier molecular flexibility index (Phi) is 10.4. The molecule has 10 heteroatoms. The third-order valence-electron chi connectivity index (χ3n) is 6.88. The van der Waals surface area contributed by atoms with Crippen LogP contribution in [-0.4, -0.2) is 45.0 Å². The van der Waals surface area contributed by atoms with E-state index in [1.54, 1.807) is 18.2 Å². The van der Waals surface area contributed by atoms with Crippen molar-refractivity contribution in [3.63, 3.8) is 0 Å². The van der Waals surface area contributed by atoms with E-state index in [0.29, 0.717) is 18.7 Å². The summed E-state index contributed by atoms with van der Waals surface area (Å²) in [6.45, 7) is 0.455. The van der Waals surface area contributed by atoms with Gasteiger partial charge in [-0.3, -0.25) is 9.59 Å². The highest BCUT2D eigenvalue weighted by Crippen LogP contribution is 2.24. The van der Waals surface area contributed by atoms with Crippen molar-refractivity contribution in [3.05, 3.63) is 121 Å². The van der Waals surface area contributed by atoms with E-state index in [1.807, 2.05) is 84.9 Å². The first-order valence-electron chi connectivity index (χ1n) is 13.4. The number of carbonyl (C=O) groups is 2. The Morgan fingerprint density at radius 1 is 0.810 bits per heavy atom. The van der Waals surface area contributed by atoms with Crippen molar-refractivity contribution < 1.29 is 22.7 Å². The summed E-state index contributed by atoms with van der Waals surface area (Å²) in [6.07, 6.45) is 0.283. The van der Waals surface area contributed by atoms with Crippen LogP contribution in [0, 0.1) is 0 Å². The van der Waals surface area contributed by atoms with Crippen molar-refractivity contribution >= 4 is 34.2 Å². The fourth-order valence-electron chi connectivity index (χ4n) is 4.74. The number of sulfonamides is 1. The quantitative estimate of drug-likeness (QED) is 0.251. The van der Waals surface area contributed by atoms with Gasteiger partial charge < -0.3 is 15.4 Å². The molecule has 0 radical (unpaired) electrons. The zero-order valence-electron chi connectivity index (χ0n) is 22.7. The number of carbonyl (C=O) groups excluding carboxylic acids is 2. The summed E-state index contributed by atoms with van der Waals surface area (Å²) in [4.78, 5) is 26.4. The normalized spacial score (nSPS) is 17.0. The minimum Gasteiger partial charge on any atom is -0.489 e. The number of hydrogen-bond donors (Lipinski definition) is 3. The molecule has 3 atom stereocenters. The van der Waals surface area contributed by atoms with E-state index in [0.717, 1.165) is 16.7 Å². The second-order valence-electron chi connectivity index (χ2n) is 9.86. The second-order valence-corrected chi connectivity index (χ2v) is 11.5. The van der Waals surface area contributed by atoms with Gasteiger partial charge >= 0.3 is 0 Å². The average Bonchev–Trinajstić information content (AvgIpc) is 3.47. The Bertz CT molecular complexity index is 1570. The first-order valence-corrected chi connectivity index (χ1v) is 14.9. The van der Waals surface area contributed by atoms with Gasteiger partial charge in [0.2, 0.25) is 5.91 Å². The zero-order chi connectivity index (χ0) is 28.7. The SMILES string of the molecule is Cl.O=C(N[C@@H](Cc1ccccc1)C(=O)NS(=O)(=O)c1ccccc1)[C@@H]1C[C@H](Oc2ccc(-c3ccccc3)cc2)CN1. The largest absolute Gasteiger partial charge is 0.489 e. The Balaban J connectivity index is 0.00000405. The summed E-state index contributed by atoms with van der Waals surface area (Å²) < 4.78 is 33.8. The molecule has 0 bridgehead atoms. The lowest BCUT2D eigenvalue weighted by atomic mass is 10.0. The van der Waals surface area contributed by atoms with E-state index >= 15 is 0 Å². The number of hydrogen-bond acceptors (Lipinski definition) is 6. The molecule has 3 N–H and O–H groups in total. The number of nitrogens with one attached hydrogen (secondary N) is 3. The van der Waals surface area contributed by atoms with Gasteiger partial charge in [0, 0.05) is 19.4 Å². The van der Waals surface area contributed by atoms with Gasteiger partial charge in [-0.05, 0) is 41.0 Å². The lowest BCUT2D eigenvalue weighted by molar-refractivity contribution is -0.129. The molecule has 2 amide bonds. The van der Waals surface area contributed by atoms with E-state index in [1.165, 1.54) is 12.1 Å². The first kappa shape index (κ1) is 30.8. The van der Waals surface area contributed by atoms with E-state index in [9.17, 15) is 18.0 Å². The topological polar surface area (TPSA) is 114 Å². The van der Waals surface area contributed by atoms with Crippen molar-refractivity contribution in [2.24, 2.45) is 0 Å². The van der Waals surface area contributed by atoms with Crippen LogP contribution in [-0.2, 0) is 26.0 Å². The van der Waals surface area contributed by atoms with E-state index in [4.69, 9.17) is 4.74 Å². The van der Waals surface area contributed by atoms with Gasteiger partial charge in [-0.2, -0.15) is 0 Å². The molecule has 1 fully saturated rings. The van der Waals surface area contributed by atoms with Crippen molar-refractivity contribution in [3.8, 4) is 16.9 Å². The molecule has 0 aromatic heterocycles. The van der Waals surface area contributed by atoms with Gasteiger partial charge in [0.1, 0.15) is 17.9 Å². The lowest BCUT2D eigenvalue weighted by Gasteiger charge is -2.21. The Labute approximate surface area is 252 Å². The molecule has 0 aliphatic carbocycles.